The summed E-state index contributed by atoms with van der Waals surface area (Å²) in [5.74, 6) is 1.54. The van der Waals surface area contributed by atoms with Gasteiger partial charge in [0.1, 0.15) is 19.0 Å². The molecule has 0 fully saturated rings. The first-order chi connectivity index (χ1) is 13.7. The molecule has 0 bridgehead atoms. The second-order valence-corrected chi connectivity index (χ2v) is 6.89. The van der Waals surface area contributed by atoms with E-state index >= 15 is 0 Å². The molecular weight excluding hydrogens is 357 g/mol. The fourth-order valence-corrected chi connectivity index (χ4v) is 3.43. The molecule has 0 saturated heterocycles. The molecule has 0 amide bonds. The summed E-state index contributed by atoms with van der Waals surface area (Å²) in [6.45, 7) is 3.08. The lowest BCUT2D eigenvalue weighted by Crippen LogP contribution is -2.20. The summed E-state index contributed by atoms with van der Waals surface area (Å²) in [5, 5.41) is 0. The summed E-state index contributed by atoms with van der Waals surface area (Å²) in [5.41, 5.74) is 4.59. The van der Waals surface area contributed by atoms with Crippen LogP contribution in [-0.4, -0.2) is 19.1 Å². The molecule has 2 heterocycles. The highest BCUT2D eigenvalue weighted by atomic mass is 19.1. The molecule has 2 aliphatic rings. The Bertz CT molecular complexity index is 1060. The van der Waals surface area contributed by atoms with Gasteiger partial charge in [0.15, 0.2) is 17.6 Å². The highest BCUT2D eigenvalue weighted by Gasteiger charge is 2.29. The Morgan fingerprint density at radius 2 is 1.57 bits per heavy atom. The Morgan fingerprint density at radius 1 is 0.893 bits per heavy atom. The number of aliphatic imine (C=N–C) groups is 1. The third-order valence-corrected chi connectivity index (χ3v) is 4.90. The maximum absolute atomic E-state index is 13.3. The van der Waals surface area contributed by atoms with Gasteiger partial charge in [-0.1, -0.05) is 29.8 Å². The lowest BCUT2D eigenvalue weighted by Gasteiger charge is -2.29. The normalized spacial score (nSPS) is 17.4. The van der Waals surface area contributed by atoms with Crippen LogP contribution in [0.4, 0.5) is 10.1 Å². The first kappa shape index (κ1) is 16.8. The van der Waals surface area contributed by atoms with Crippen LogP contribution in [0.2, 0.25) is 0 Å². The maximum atomic E-state index is 13.3. The van der Waals surface area contributed by atoms with Crippen molar-refractivity contribution in [1.29, 1.82) is 0 Å². The minimum atomic E-state index is -0.344. The quantitative estimate of drug-likeness (QED) is 0.625. The molecule has 0 N–H and O–H groups in total. The molecule has 2 aliphatic heterocycles. The van der Waals surface area contributed by atoms with Gasteiger partial charge in [-0.05, 0) is 42.8 Å². The molecule has 0 aliphatic carbocycles. The molecule has 3 aromatic rings. The van der Waals surface area contributed by atoms with Crippen LogP contribution in [0.3, 0.4) is 0 Å². The van der Waals surface area contributed by atoms with Gasteiger partial charge in [0.2, 0.25) is 5.90 Å². The van der Waals surface area contributed by atoms with E-state index in [4.69, 9.17) is 14.2 Å². The summed E-state index contributed by atoms with van der Waals surface area (Å²) in [6, 6.07) is 18.2. The van der Waals surface area contributed by atoms with E-state index in [0.29, 0.717) is 30.6 Å². The zero-order valence-electron chi connectivity index (χ0n) is 15.3. The van der Waals surface area contributed by atoms with Crippen molar-refractivity contribution in [3.8, 4) is 11.5 Å². The van der Waals surface area contributed by atoms with Crippen molar-refractivity contribution in [1.82, 2.24) is 0 Å². The average molecular weight is 375 g/mol. The third kappa shape index (κ3) is 2.99. The van der Waals surface area contributed by atoms with Gasteiger partial charge in [-0.15, -0.1) is 0 Å². The van der Waals surface area contributed by atoms with E-state index in [-0.39, 0.29) is 11.9 Å². The monoisotopic (exact) mass is 375 g/mol. The van der Waals surface area contributed by atoms with Gasteiger partial charge < -0.3 is 14.2 Å². The summed E-state index contributed by atoms with van der Waals surface area (Å²) in [4.78, 5) is 4.68. The van der Waals surface area contributed by atoms with Gasteiger partial charge in [0, 0.05) is 17.2 Å². The van der Waals surface area contributed by atoms with Gasteiger partial charge in [0.25, 0.3) is 0 Å². The second kappa shape index (κ2) is 6.68. The van der Waals surface area contributed by atoms with E-state index in [2.05, 4.69) is 17.1 Å². The van der Waals surface area contributed by atoms with Crippen LogP contribution in [0.1, 0.15) is 28.4 Å². The molecule has 0 spiro atoms. The topological polar surface area (TPSA) is 40.0 Å². The number of fused-ring (bicyclic) bond motifs is 2. The van der Waals surface area contributed by atoms with E-state index in [1.54, 1.807) is 12.1 Å². The summed E-state index contributed by atoms with van der Waals surface area (Å²) in [7, 11) is 0. The third-order valence-electron chi connectivity index (χ3n) is 4.90. The number of ether oxygens (including phenoxy) is 3. The van der Waals surface area contributed by atoms with Crippen LogP contribution >= 0.6 is 0 Å². The van der Waals surface area contributed by atoms with Gasteiger partial charge in [0.05, 0.1) is 5.69 Å². The van der Waals surface area contributed by atoms with Crippen molar-refractivity contribution in [2.45, 2.75) is 13.0 Å². The van der Waals surface area contributed by atoms with Gasteiger partial charge >= 0.3 is 0 Å². The number of hydrogen-bond acceptors (Lipinski definition) is 4. The summed E-state index contributed by atoms with van der Waals surface area (Å²) < 4.78 is 31.1. The van der Waals surface area contributed by atoms with Crippen molar-refractivity contribution < 1.29 is 18.6 Å². The van der Waals surface area contributed by atoms with Crippen LogP contribution in [-0.2, 0) is 4.74 Å². The van der Waals surface area contributed by atoms with Crippen molar-refractivity contribution in [2.75, 3.05) is 13.2 Å². The SMILES string of the molecule is Cc1ccc([C@H]2OC(c3ccc(F)cc3)=Nc3cc4c(cc32)OCCO4)cc1. The molecule has 1 atom stereocenters. The summed E-state index contributed by atoms with van der Waals surface area (Å²) in [6.07, 6.45) is -0.344. The van der Waals surface area contributed by atoms with Crippen LogP contribution in [0.15, 0.2) is 65.7 Å². The fourth-order valence-electron chi connectivity index (χ4n) is 3.43. The number of aryl methyl sites for hydroxylation is 1. The molecule has 3 aromatic carbocycles. The van der Waals surface area contributed by atoms with Gasteiger partial charge in [-0.3, -0.25) is 0 Å². The Labute approximate surface area is 162 Å². The molecule has 0 radical (unpaired) electrons. The van der Waals surface area contributed by atoms with E-state index in [1.807, 2.05) is 31.2 Å². The minimum absolute atomic E-state index is 0.296. The molecule has 0 aromatic heterocycles. The Hall–Kier alpha value is -3.34. The van der Waals surface area contributed by atoms with Crippen LogP contribution in [0, 0.1) is 12.7 Å². The first-order valence-corrected chi connectivity index (χ1v) is 9.19. The largest absolute Gasteiger partial charge is 0.486 e. The average Bonchev–Trinajstić information content (AvgIpc) is 2.73. The Kier molecular flexibility index (Phi) is 4.01. The van der Waals surface area contributed by atoms with Gasteiger partial charge in [-0.25, -0.2) is 9.38 Å². The molecule has 0 saturated carbocycles. The number of nitrogens with zero attached hydrogens (tertiary/aromatic N) is 1. The molecule has 4 nitrogen and oxygen atoms in total. The van der Waals surface area contributed by atoms with Crippen molar-refractivity contribution >= 4 is 11.6 Å². The Balaban J connectivity index is 1.65. The van der Waals surface area contributed by atoms with E-state index in [0.717, 1.165) is 22.4 Å². The predicted octanol–water partition coefficient (Wildman–Crippen LogP) is 5.10. The predicted molar refractivity (Wildman–Crippen MR) is 104 cm³/mol. The van der Waals surface area contributed by atoms with Crippen molar-refractivity contribution in [2.24, 2.45) is 4.99 Å². The smallest absolute Gasteiger partial charge is 0.222 e. The fraction of sp³-hybridized carbons (Fsp3) is 0.174. The molecule has 0 unspecified atom stereocenters. The van der Waals surface area contributed by atoms with Gasteiger partial charge in [-0.2, -0.15) is 0 Å². The minimum Gasteiger partial charge on any atom is -0.486 e. The summed E-state index contributed by atoms with van der Waals surface area (Å²) >= 11 is 0. The number of hydrogen-bond donors (Lipinski definition) is 0. The molecule has 28 heavy (non-hydrogen) atoms. The van der Waals surface area contributed by atoms with Crippen LogP contribution in [0.25, 0.3) is 0 Å². The van der Waals surface area contributed by atoms with Crippen LogP contribution in [0.5, 0.6) is 11.5 Å². The first-order valence-electron chi connectivity index (χ1n) is 9.19. The maximum Gasteiger partial charge on any atom is 0.222 e. The molecular formula is C23H18FNO3. The van der Waals surface area contributed by atoms with E-state index in [1.165, 1.54) is 17.7 Å². The number of rotatable bonds is 2. The van der Waals surface area contributed by atoms with Crippen LogP contribution < -0.4 is 9.47 Å². The zero-order chi connectivity index (χ0) is 19.1. The standard InChI is InChI=1S/C23H18FNO3/c1-14-2-4-15(5-3-14)22-18-12-20-21(27-11-10-26-20)13-19(18)25-23(28-22)16-6-8-17(24)9-7-16/h2-9,12-13,22H,10-11H2,1H3/t22-/m1/s1. The van der Waals surface area contributed by atoms with Crippen molar-refractivity contribution in [3.05, 3.63) is 88.7 Å². The molecule has 5 heteroatoms. The Morgan fingerprint density at radius 3 is 2.29 bits per heavy atom. The zero-order valence-corrected chi connectivity index (χ0v) is 15.3. The highest BCUT2D eigenvalue weighted by Crippen LogP contribution is 2.45. The van der Waals surface area contributed by atoms with Crippen molar-refractivity contribution in [3.63, 3.8) is 0 Å². The van der Waals surface area contributed by atoms with E-state index in [9.17, 15) is 4.39 Å². The lowest BCUT2D eigenvalue weighted by atomic mass is 9.97. The molecule has 5 rings (SSSR count). The second-order valence-electron chi connectivity index (χ2n) is 6.89. The highest BCUT2D eigenvalue weighted by molar-refractivity contribution is 5.97. The lowest BCUT2D eigenvalue weighted by molar-refractivity contribution is 0.170. The number of benzene rings is 3. The molecule has 140 valence electrons. The number of halogens is 1. The van der Waals surface area contributed by atoms with E-state index < -0.39 is 0 Å².